The van der Waals surface area contributed by atoms with Crippen LogP contribution in [0.1, 0.15) is 48.2 Å². The summed E-state index contributed by atoms with van der Waals surface area (Å²) in [4.78, 5) is 34.3. The number of carbonyl (C=O) groups excluding carboxylic acids is 2. The van der Waals surface area contributed by atoms with E-state index in [1.165, 1.54) is 6.42 Å². The van der Waals surface area contributed by atoms with Crippen molar-refractivity contribution in [2.75, 3.05) is 26.2 Å². The highest BCUT2D eigenvalue weighted by Crippen LogP contribution is 2.28. The van der Waals surface area contributed by atoms with Crippen LogP contribution in [0.4, 0.5) is 0 Å². The summed E-state index contributed by atoms with van der Waals surface area (Å²) in [5.74, 6) is 0.876. The number of aryl methyl sites for hydroxylation is 1. The molecule has 2 fully saturated rings. The van der Waals surface area contributed by atoms with Gasteiger partial charge in [0.1, 0.15) is 17.5 Å². The molecule has 2 aliphatic heterocycles. The number of rotatable bonds is 5. The number of hydrogen-bond acceptors (Lipinski definition) is 4. The molecule has 0 aliphatic carbocycles. The second-order valence-corrected chi connectivity index (χ2v) is 8.58. The molecule has 164 valence electrons. The van der Waals surface area contributed by atoms with Crippen LogP contribution in [0.15, 0.2) is 48.7 Å². The number of amides is 2. The number of para-hydroxylation sites is 1. The molecule has 2 aromatic rings. The van der Waals surface area contributed by atoms with Crippen LogP contribution in [-0.4, -0.2) is 58.9 Å². The van der Waals surface area contributed by atoms with Gasteiger partial charge in [0.2, 0.25) is 5.91 Å². The lowest BCUT2D eigenvalue weighted by Gasteiger charge is -2.39. The van der Waals surface area contributed by atoms with Crippen molar-refractivity contribution in [2.45, 2.75) is 45.1 Å². The van der Waals surface area contributed by atoms with Gasteiger partial charge in [0.15, 0.2) is 0 Å². The largest absolute Gasteiger partial charge is 0.490 e. The van der Waals surface area contributed by atoms with E-state index in [2.05, 4.69) is 4.98 Å². The molecule has 2 atom stereocenters. The molecule has 0 bridgehead atoms. The zero-order chi connectivity index (χ0) is 21.6. The monoisotopic (exact) mass is 421 g/mol. The van der Waals surface area contributed by atoms with Crippen molar-refractivity contribution in [1.29, 1.82) is 0 Å². The van der Waals surface area contributed by atoms with Crippen LogP contribution in [-0.2, 0) is 4.79 Å². The van der Waals surface area contributed by atoms with Crippen LogP contribution in [0.2, 0.25) is 0 Å². The first-order chi connectivity index (χ1) is 15.1. The quantitative estimate of drug-likeness (QED) is 0.739. The predicted molar refractivity (Wildman–Crippen MR) is 119 cm³/mol. The molecule has 3 heterocycles. The van der Waals surface area contributed by atoms with E-state index >= 15 is 0 Å². The van der Waals surface area contributed by atoms with Gasteiger partial charge in [-0.2, -0.15) is 0 Å². The molecule has 31 heavy (non-hydrogen) atoms. The van der Waals surface area contributed by atoms with Crippen LogP contribution in [0.3, 0.4) is 0 Å². The number of pyridine rings is 1. The number of likely N-dealkylation sites (tertiary alicyclic amines) is 2. The van der Waals surface area contributed by atoms with Crippen molar-refractivity contribution in [1.82, 2.24) is 14.8 Å². The van der Waals surface area contributed by atoms with Crippen molar-refractivity contribution in [3.63, 3.8) is 0 Å². The Kier molecular flexibility index (Phi) is 6.85. The Balaban J connectivity index is 1.49. The Hall–Kier alpha value is -2.89. The normalized spacial score (nSPS) is 21.6. The highest BCUT2D eigenvalue weighted by Gasteiger charge is 2.36. The van der Waals surface area contributed by atoms with E-state index in [1.807, 2.05) is 59.2 Å². The summed E-state index contributed by atoms with van der Waals surface area (Å²) in [6.07, 6.45) is 6.01. The van der Waals surface area contributed by atoms with E-state index in [0.717, 1.165) is 37.2 Å². The van der Waals surface area contributed by atoms with E-state index < -0.39 is 0 Å². The minimum Gasteiger partial charge on any atom is -0.490 e. The van der Waals surface area contributed by atoms with E-state index in [0.29, 0.717) is 31.6 Å². The summed E-state index contributed by atoms with van der Waals surface area (Å²) in [7, 11) is 0. The summed E-state index contributed by atoms with van der Waals surface area (Å²) in [5.41, 5.74) is 1.36. The maximum Gasteiger partial charge on any atom is 0.272 e. The summed E-state index contributed by atoms with van der Waals surface area (Å²) in [6, 6.07) is 13.5. The molecule has 0 spiro atoms. The highest BCUT2D eigenvalue weighted by molar-refractivity contribution is 5.93. The maximum atomic E-state index is 13.1. The van der Waals surface area contributed by atoms with Gasteiger partial charge in [-0.3, -0.25) is 14.6 Å². The lowest BCUT2D eigenvalue weighted by Crippen LogP contribution is -2.50. The fourth-order valence-electron chi connectivity index (χ4n) is 4.58. The van der Waals surface area contributed by atoms with Gasteiger partial charge in [-0.25, -0.2) is 0 Å². The average molecular weight is 422 g/mol. The van der Waals surface area contributed by atoms with Crippen molar-refractivity contribution in [3.05, 3.63) is 59.9 Å². The van der Waals surface area contributed by atoms with Crippen LogP contribution in [0, 0.1) is 12.8 Å². The second kappa shape index (κ2) is 9.94. The lowest BCUT2D eigenvalue weighted by molar-refractivity contribution is -0.134. The third-order valence-corrected chi connectivity index (χ3v) is 6.34. The Labute approximate surface area is 184 Å². The SMILES string of the molecule is Cc1cccnc1C(=O)N1CC[C@H](Oc2ccccc2)[C@@H](CC(=O)N2CCCCC2)C1. The van der Waals surface area contributed by atoms with Crippen molar-refractivity contribution in [3.8, 4) is 5.75 Å². The van der Waals surface area contributed by atoms with E-state index in [-0.39, 0.29) is 23.8 Å². The van der Waals surface area contributed by atoms with Crippen LogP contribution < -0.4 is 4.74 Å². The first-order valence-corrected chi connectivity index (χ1v) is 11.3. The zero-order valence-corrected chi connectivity index (χ0v) is 18.2. The molecule has 2 amide bonds. The number of carbonyl (C=O) groups is 2. The third-order valence-electron chi connectivity index (χ3n) is 6.34. The van der Waals surface area contributed by atoms with Gasteiger partial charge >= 0.3 is 0 Å². The Morgan fingerprint density at radius 2 is 1.77 bits per heavy atom. The number of benzene rings is 1. The molecular formula is C25H31N3O3. The smallest absolute Gasteiger partial charge is 0.272 e. The maximum absolute atomic E-state index is 13.1. The van der Waals surface area contributed by atoms with Gasteiger partial charge in [0, 0.05) is 51.1 Å². The van der Waals surface area contributed by atoms with Crippen molar-refractivity contribution >= 4 is 11.8 Å². The van der Waals surface area contributed by atoms with Crippen LogP contribution in [0.5, 0.6) is 5.75 Å². The number of hydrogen-bond donors (Lipinski definition) is 0. The average Bonchev–Trinajstić information content (AvgIpc) is 2.81. The first-order valence-electron chi connectivity index (χ1n) is 11.3. The molecule has 2 aliphatic rings. The molecule has 1 aromatic heterocycles. The van der Waals surface area contributed by atoms with Crippen molar-refractivity contribution < 1.29 is 14.3 Å². The molecule has 0 unspecified atom stereocenters. The van der Waals surface area contributed by atoms with Crippen molar-refractivity contribution in [2.24, 2.45) is 5.92 Å². The van der Waals surface area contributed by atoms with E-state index in [1.54, 1.807) is 6.20 Å². The fraction of sp³-hybridized carbons (Fsp3) is 0.480. The van der Waals surface area contributed by atoms with E-state index in [9.17, 15) is 9.59 Å². The third kappa shape index (κ3) is 5.24. The van der Waals surface area contributed by atoms with Gasteiger partial charge in [0.05, 0.1) is 0 Å². The van der Waals surface area contributed by atoms with Gasteiger partial charge in [-0.15, -0.1) is 0 Å². The van der Waals surface area contributed by atoms with Crippen LogP contribution in [0.25, 0.3) is 0 Å². The molecule has 2 saturated heterocycles. The molecule has 0 N–H and O–H groups in total. The molecule has 1 aromatic carbocycles. The Bertz CT molecular complexity index is 896. The molecular weight excluding hydrogens is 390 g/mol. The summed E-state index contributed by atoms with van der Waals surface area (Å²) < 4.78 is 6.29. The minimum absolute atomic E-state index is 0.0450. The number of nitrogens with zero attached hydrogens (tertiary/aromatic N) is 3. The highest BCUT2D eigenvalue weighted by atomic mass is 16.5. The number of ether oxygens (including phenoxy) is 1. The van der Waals surface area contributed by atoms with Gasteiger partial charge in [-0.05, 0) is 49.9 Å². The first kappa shape index (κ1) is 21.3. The predicted octanol–water partition coefficient (Wildman–Crippen LogP) is 3.70. The molecule has 0 saturated carbocycles. The standard InChI is InChI=1S/C25H31N3O3/c1-19-9-8-13-26-24(19)25(30)28-16-12-22(31-21-10-4-2-5-11-21)20(18-28)17-23(29)27-14-6-3-7-15-27/h2,4-5,8-11,13,20,22H,3,6-7,12,14-18H2,1H3/t20-,22-/m0/s1. The minimum atomic E-state index is -0.0926. The second-order valence-electron chi connectivity index (χ2n) is 8.58. The van der Waals surface area contributed by atoms with Gasteiger partial charge in [-0.1, -0.05) is 24.3 Å². The number of piperidine rings is 2. The molecule has 6 heteroatoms. The summed E-state index contributed by atoms with van der Waals surface area (Å²) in [6.45, 7) is 4.69. The van der Waals surface area contributed by atoms with Gasteiger partial charge < -0.3 is 14.5 Å². The van der Waals surface area contributed by atoms with Crippen LogP contribution >= 0.6 is 0 Å². The number of aromatic nitrogens is 1. The Morgan fingerprint density at radius 3 is 2.52 bits per heavy atom. The summed E-state index contributed by atoms with van der Waals surface area (Å²) in [5, 5.41) is 0. The fourth-order valence-corrected chi connectivity index (χ4v) is 4.58. The summed E-state index contributed by atoms with van der Waals surface area (Å²) >= 11 is 0. The lowest BCUT2D eigenvalue weighted by atomic mass is 9.90. The van der Waals surface area contributed by atoms with Gasteiger partial charge in [0.25, 0.3) is 5.91 Å². The molecule has 4 rings (SSSR count). The Morgan fingerprint density at radius 1 is 1.00 bits per heavy atom. The molecule has 0 radical (unpaired) electrons. The zero-order valence-electron chi connectivity index (χ0n) is 18.2. The van der Waals surface area contributed by atoms with E-state index in [4.69, 9.17) is 4.74 Å². The topological polar surface area (TPSA) is 62.7 Å². The molecule has 6 nitrogen and oxygen atoms in total.